The van der Waals surface area contributed by atoms with Crippen LogP contribution in [0.4, 0.5) is 5.69 Å². The number of anilines is 1. The summed E-state index contributed by atoms with van der Waals surface area (Å²) in [7, 11) is 0. The fourth-order valence-corrected chi connectivity index (χ4v) is 1.80. The Morgan fingerprint density at radius 2 is 1.62 bits per heavy atom. The van der Waals surface area contributed by atoms with Crippen molar-refractivity contribution in [3.8, 4) is 0 Å². The molecule has 116 valence electrons. The molecule has 0 unspecified atom stereocenters. The Balaban J connectivity index is 2.92. The Labute approximate surface area is 131 Å². The Bertz CT molecular complexity index is 560. The predicted molar refractivity (Wildman–Crippen MR) is 86.5 cm³/mol. The quantitative estimate of drug-likeness (QED) is 0.839. The summed E-state index contributed by atoms with van der Waals surface area (Å²) in [4.78, 5) is 24.7. The molecule has 0 aliphatic carbocycles. The Morgan fingerprint density at radius 1 is 1.05 bits per heavy atom. The van der Waals surface area contributed by atoms with Gasteiger partial charge in [0.1, 0.15) is 5.41 Å². The van der Waals surface area contributed by atoms with Gasteiger partial charge in [-0.3, -0.25) is 9.59 Å². The first kappa shape index (κ1) is 17.5. The van der Waals surface area contributed by atoms with Crippen LogP contribution < -0.4 is 10.6 Å². The molecule has 0 aromatic heterocycles. The van der Waals surface area contributed by atoms with Gasteiger partial charge in [-0.25, -0.2) is 0 Å². The first-order chi connectivity index (χ1) is 9.45. The summed E-state index contributed by atoms with van der Waals surface area (Å²) in [6.07, 6.45) is 0. The zero-order valence-corrected chi connectivity index (χ0v) is 14.2. The van der Waals surface area contributed by atoms with Crippen LogP contribution in [0.15, 0.2) is 18.2 Å². The van der Waals surface area contributed by atoms with Gasteiger partial charge in [-0.15, -0.1) is 0 Å². The van der Waals surface area contributed by atoms with E-state index in [0.29, 0.717) is 10.7 Å². The molecule has 1 aromatic rings. The number of hydrogen-bond donors (Lipinski definition) is 2. The lowest BCUT2D eigenvalue weighted by molar-refractivity contribution is -0.139. The zero-order chi connectivity index (χ0) is 16.4. The van der Waals surface area contributed by atoms with Crippen LogP contribution in [0.1, 0.15) is 40.2 Å². The van der Waals surface area contributed by atoms with Crippen molar-refractivity contribution in [2.24, 2.45) is 5.41 Å². The van der Waals surface area contributed by atoms with Crippen LogP contribution >= 0.6 is 11.6 Å². The molecule has 0 radical (unpaired) electrons. The number of halogens is 1. The molecular weight excluding hydrogens is 288 g/mol. The molecule has 4 nitrogen and oxygen atoms in total. The number of hydrogen-bond acceptors (Lipinski definition) is 2. The summed E-state index contributed by atoms with van der Waals surface area (Å²) < 4.78 is 0. The highest BCUT2D eigenvalue weighted by Crippen LogP contribution is 2.26. The molecule has 5 heteroatoms. The molecule has 0 fully saturated rings. The molecule has 1 aromatic carbocycles. The molecule has 0 atom stereocenters. The standard InChI is InChI=1S/C16H23ClN2O2/c1-10-11(17)8-7-9-12(10)18-13(20)16(5,6)14(21)19-15(2,3)4/h7-9H,1-6H3,(H,18,20)(H,19,21). The average molecular weight is 311 g/mol. The van der Waals surface area contributed by atoms with Gasteiger partial charge in [0.15, 0.2) is 0 Å². The maximum atomic E-state index is 12.4. The van der Waals surface area contributed by atoms with Crippen LogP contribution in [-0.4, -0.2) is 17.4 Å². The highest BCUT2D eigenvalue weighted by Gasteiger charge is 2.37. The van der Waals surface area contributed by atoms with E-state index >= 15 is 0 Å². The molecule has 0 spiro atoms. The zero-order valence-electron chi connectivity index (χ0n) is 13.4. The number of amides is 2. The van der Waals surface area contributed by atoms with Crippen molar-refractivity contribution >= 4 is 29.1 Å². The molecule has 0 aliphatic heterocycles. The maximum absolute atomic E-state index is 12.4. The van der Waals surface area contributed by atoms with Crippen LogP contribution in [0.3, 0.4) is 0 Å². The largest absolute Gasteiger partial charge is 0.351 e. The third-order valence-electron chi connectivity index (χ3n) is 3.14. The first-order valence-corrected chi connectivity index (χ1v) is 7.22. The molecule has 1 rings (SSSR count). The number of nitrogens with one attached hydrogen (secondary N) is 2. The lowest BCUT2D eigenvalue weighted by atomic mass is 9.89. The van der Waals surface area contributed by atoms with E-state index in [4.69, 9.17) is 11.6 Å². The van der Waals surface area contributed by atoms with E-state index in [9.17, 15) is 9.59 Å². The molecule has 0 bridgehead atoms. The van der Waals surface area contributed by atoms with Gasteiger partial charge in [-0.2, -0.15) is 0 Å². The Kier molecular flexibility index (Phi) is 5.05. The third kappa shape index (κ3) is 4.46. The van der Waals surface area contributed by atoms with Gasteiger partial charge in [-0.1, -0.05) is 17.7 Å². The Morgan fingerprint density at radius 3 is 2.14 bits per heavy atom. The molecule has 0 heterocycles. The van der Waals surface area contributed by atoms with Gasteiger partial charge in [0.2, 0.25) is 11.8 Å². The minimum atomic E-state index is -1.18. The summed E-state index contributed by atoms with van der Waals surface area (Å²) in [5, 5.41) is 6.17. The second-order valence-corrected chi connectivity index (χ2v) is 7.10. The van der Waals surface area contributed by atoms with Crippen LogP contribution in [0.25, 0.3) is 0 Å². The van der Waals surface area contributed by atoms with Crippen molar-refractivity contribution in [2.75, 3.05) is 5.32 Å². The molecule has 0 saturated heterocycles. The van der Waals surface area contributed by atoms with Gasteiger partial charge in [-0.05, 0) is 59.2 Å². The van der Waals surface area contributed by atoms with Crippen LogP contribution in [-0.2, 0) is 9.59 Å². The summed E-state index contributed by atoms with van der Waals surface area (Å²) >= 11 is 6.03. The molecule has 2 amide bonds. The van der Waals surface area contributed by atoms with Crippen molar-refractivity contribution in [2.45, 2.75) is 47.1 Å². The minimum Gasteiger partial charge on any atom is -0.351 e. The molecule has 21 heavy (non-hydrogen) atoms. The monoisotopic (exact) mass is 310 g/mol. The number of carbonyl (C=O) groups excluding carboxylic acids is 2. The molecule has 0 aliphatic rings. The average Bonchev–Trinajstić information content (AvgIpc) is 2.32. The van der Waals surface area contributed by atoms with Crippen LogP contribution in [0.5, 0.6) is 0 Å². The summed E-state index contributed by atoms with van der Waals surface area (Å²) in [5.41, 5.74) is -0.175. The number of benzene rings is 1. The van der Waals surface area contributed by atoms with Crippen molar-refractivity contribution in [3.63, 3.8) is 0 Å². The van der Waals surface area contributed by atoms with Crippen molar-refractivity contribution in [1.29, 1.82) is 0 Å². The number of carbonyl (C=O) groups is 2. The van der Waals surface area contributed by atoms with Gasteiger partial charge >= 0.3 is 0 Å². The van der Waals surface area contributed by atoms with Crippen molar-refractivity contribution in [3.05, 3.63) is 28.8 Å². The van der Waals surface area contributed by atoms with E-state index < -0.39 is 5.41 Å². The normalized spacial score (nSPS) is 12.0. The van der Waals surface area contributed by atoms with E-state index in [1.54, 1.807) is 32.0 Å². The molecule has 0 saturated carbocycles. The van der Waals surface area contributed by atoms with Crippen LogP contribution in [0.2, 0.25) is 5.02 Å². The van der Waals surface area contributed by atoms with E-state index in [1.807, 2.05) is 27.7 Å². The smallest absolute Gasteiger partial charge is 0.239 e. The molecular formula is C16H23ClN2O2. The second kappa shape index (κ2) is 6.06. The van der Waals surface area contributed by atoms with E-state index in [-0.39, 0.29) is 17.4 Å². The third-order valence-corrected chi connectivity index (χ3v) is 3.55. The van der Waals surface area contributed by atoms with E-state index in [0.717, 1.165) is 5.56 Å². The van der Waals surface area contributed by atoms with E-state index in [2.05, 4.69) is 10.6 Å². The van der Waals surface area contributed by atoms with Gasteiger partial charge in [0.25, 0.3) is 0 Å². The van der Waals surface area contributed by atoms with Gasteiger partial charge in [0.05, 0.1) is 0 Å². The summed E-state index contributed by atoms with van der Waals surface area (Å²) in [6, 6.07) is 5.27. The first-order valence-electron chi connectivity index (χ1n) is 6.84. The molecule has 2 N–H and O–H groups in total. The summed E-state index contributed by atoms with van der Waals surface area (Å²) in [5.74, 6) is -0.679. The van der Waals surface area contributed by atoms with Crippen LogP contribution in [0, 0.1) is 12.3 Å². The number of rotatable bonds is 3. The van der Waals surface area contributed by atoms with E-state index in [1.165, 1.54) is 0 Å². The summed E-state index contributed by atoms with van der Waals surface area (Å²) in [6.45, 7) is 10.6. The highest BCUT2D eigenvalue weighted by molar-refractivity contribution is 6.31. The fraction of sp³-hybridized carbons (Fsp3) is 0.500. The lowest BCUT2D eigenvalue weighted by Gasteiger charge is -2.28. The maximum Gasteiger partial charge on any atom is 0.239 e. The fourth-order valence-electron chi connectivity index (χ4n) is 1.62. The lowest BCUT2D eigenvalue weighted by Crippen LogP contribution is -2.51. The van der Waals surface area contributed by atoms with Gasteiger partial charge in [0, 0.05) is 16.2 Å². The highest BCUT2D eigenvalue weighted by atomic mass is 35.5. The van der Waals surface area contributed by atoms with Crippen molar-refractivity contribution < 1.29 is 9.59 Å². The second-order valence-electron chi connectivity index (χ2n) is 6.70. The SMILES string of the molecule is Cc1c(Cl)cccc1NC(=O)C(C)(C)C(=O)NC(C)(C)C. The van der Waals surface area contributed by atoms with Gasteiger partial charge < -0.3 is 10.6 Å². The predicted octanol–water partition coefficient (Wildman–Crippen LogP) is 3.53. The Hall–Kier alpha value is -1.55. The minimum absolute atomic E-state index is 0.313. The topological polar surface area (TPSA) is 58.2 Å². The van der Waals surface area contributed by atoms with Crippen molar-refractivity contribution in [1.82, 2.24) is 5.32 Å².